The van der Waals surface area contributed by atoms with Crippen molar-refractivity contribution in [3.05, 3.63) is 47.9 Å². The molecule has 1 saturated carbocycles. The van der Waals surface area contributed by atoms with Crippen LogP contribution in [0.25, 0.3) is 0 Å². The predicted molar refractivity (Wildman–Crippen MR) is 96.6 cm³/mol. The summed E-state index contributed by atoms with van der Waals surface area (Å²) in [6.07, 6.45) is 5.91. The van der Waals surface area contributed by atoms with Gasteiger partial charge in [-0.1, -0.05) is 18.9 Å². The van der Waals surface area contributed by atoms with Gasteiger partial charge in [-0.25, -0.2) is 0 Å². The van der Waals surface area contributed by atoms with Crippen LogP contribution in [-0.2, 0) is 0 Å². The largest absolute Gasteiger partial charge is 0.459 e. The smallest absolute Gasteiger partial charge is 0.290 e. The Bertz CT molecular complexity index is 848. The van der Waals surface area contributed by atoms with Gasteiger partial charge in [-0.05, 0) is 49.1 Å². The Balaban J connectivity index is 1.57. The SMILES string of the molecule is O=C(c1ccco1)N1CC[C@]2(O)CCCC[C@@H]2[C@@H]1c1ccc2c(c1)OCO2. The standard InChI is InChI=1S/C21H23NO5/c23-20(17-5-3-11-25-17)22-10-9-21(24)8-2-1-4-15(21)19(22)14-6-7-16-18(12-14)27-13-26-16/h3,5-7,11-12,15,19,24H,1-2,4,8-10,13H2/t15-,19+,21-/m1/s1. The second-order valence-electron chi connectivity index (χ2n) is 7.74. The number of rotatable bonds is 2. The van der Waals surface area contributed by atoms with Crippen LogP contribution in [0.5, 0.6) is 11.5 Å². The third kappa shape index (κ3) is 2.70. The molecule has 27 heavy (non-hydrogen) atoms. The van der Waals surface area contributed by atoms with Crippen molar-refractivity contribution in [3.63, 3.8) is 0 Å². The normalized spacial score (nSPS) is 29.4. The number of aliphatic hydroxyl groups is 1. The molecule has 1 aliphatic carbocycles. The highest BCUT2D eigenvalue weighted by molar-refractivity contribution is 5.92. The molecular weight excluding hydrogens is 346 g/mol. The van der Waals surface area contributed by atoms with E-state index >= 15 is 0 Å². The van der Waals surface area contributed by atoms with Crippen LogP contribution in [0.2, 0.25) is 0 Å². The fourth-order valence-corrected chi connectivity index (χ4v) is 4.96. The van der Waals surface area contributed by atoms with Gasteiger partial charge in [0.1, 0.15) is 0 Å². The zero-order valence-electron chi connectivity index (χ0n) is 15.1. The molecule has 3 heterocycles. The third-order valence-corrected chi connectivity index (χ3v) is 6.30. The van der Waals surface area contributed by atoms with E-state index in [9.17, 15) is 9.90 Å². The minimum atomic E-state index is -0.723. The molecule has 0 bridgehead atoms. The van der Waals surface area contributed by atoms with Crippen molar-refractivity contribution < 1.29 is 23.8 Å². The molecule has 0 radical (unpaired) electrons. The molecule has 1 aromatic heterocycles. The van der Waals surface area contributed by atoms with Crippen LogP contribution in [0.4, 0.5) is 0 Å². The second-order valence-corrected chi connectivity index (χ2v) is 7.74. The summed E-state index contributed by atoms with van der Waals surface area (Å²) in [6.45, 7) is 0.720. The van der Waals surface area contributed by atoms with Gasteiger partial charge in [0.15, 0.2) is 17.3 Å². The molecule has 6 heteroatoms. The third-order valence-electron chi connectivity index (χ3n) is 6.30. The van der Waals surface area contributed by atoms with Crippen LogP contribution in [0.15, 0.2) is 41.0 Å². The van der Waals surface area contributed by atoms with E-state index in [0.29, 0.717) is 24.5 Å². The molecule has 142 valence electrons. The Kier molecular flexibility index (Phi) is 3.90. The summed E-state index contributed by atoms with van der Waals surface area (Å²) in [6, 6.07) is 9.04. The number of amides is 1. The summed E-state index contributed by atoms with van der Waals surface area (Å²) in [4.78, 5) is 15.0. The molecule has 1 amide bonds. The quantitative estimate of drug-likeness (QED) is 0.877. The number of fused-ring (bicyclic) bond motifs is 2. The Morgan fingerprint density at radius 1 is 1.15 bits per heavy atom. The molecule has 1 aromatic carbocycles. The van der Waals surface area contributed by atoms with Gasteiger partial charge in [-0.15, -0.1) is 0 Å². The predicted octanol–water partition coefficient (Wildman–Crippen LogP) is 3.52. The highest BCUT2D eigenvalue weighted by atomic mass is 16.7. The van der Waals surface area contributed by atoms with E-state index in [0.717, 1.165) is 37.0 Å². The average molecular weight is 369 g/mol. The molecule has 2 aliphatic heterocycles. The van der Waals surface area contributed by atoms with E-state index in [1.807, 2.05) is 23.1 Å². The molecule has 6 nitrogen and oxygen atoms in total. The first-order valence-corrected chi connectivity index (χ1v) is 9.62. The summed E-state index contributed by atoms with van der Waals surface area (Å²) < 4.78 is 16.4. The number of hydrogen-bond acceptors (Lipinski definition) is 5. The van der Waals surface area contributed by atoms with E-state index < -0.39 is 5.60 Å². The lowest BCUT2D eigenvalue weighted by molar-refractivity contribution is -0.115. The van der Waals surface area contributed by atoms with Crippen LogP contribution in [-0.4, -0.2) is 34.9 Å². The molecule has 2 aromatic rings. The van der Waals surface area contributed by atoms with Crippen LogP contribution < -0.4 is 9.47 Å². The molecule has 2 fully saturated rings. The van der Waals surface area contributed by atoms with Crippen molar-refractivity contribution in [2.24, 2.45) is 5.92 Å². The average Bonchev–Trinajstić information content (AvgIpc) is 3.37. The van der Waals surface area contributed by atoms with E-state index in [1.165, 1.54) is 6.26 Å². The molecule has 0 spiro atoms. The zero-order chi connectivity index (χ0) is 18.4. The number of furan rings is 1. The van der Waals surface area contributed by atoms with Crippen LogP contribution in [0.1, 0.15) is 54.3 Å². The summed E-state index contributed by atoms with van der Waals surface area (Å²) in [5.74, 6) is 1.62. The van der Waals surface area contributed by atoms with Crippen LogP contribution in [0.3, 0.4) is 0 Å². The molecule has 3 atom stereocenters. The minimum absolute atomic E-state index is 0.000663. The lowest BCUT2D eigenvalue weighted by Crippen LogP contribution is -2.56. The molecular formula is C21H23NO5. The van der Waals surface area contributed by atoms with Gasteiger partial charge >= 0.3 is 0 Å². The maximum atomic E-state index is 13.2. The summed E-state index contributed by atoms with van der Waals surface area (Å²) in [5.41, 5.74) is 0.253. The lowest BCUT2D eigenvalue weighted by Gasteiger charge is -2.52. The molecule has 5 rings (SSSR count). The monoisotopic (exact) mass is 369 g/mol. The Hall–Kier alpha value is -2.47. The molecule has 0 unspecified atom stereocenters. The van der Waals surface area contributed by atoms with Crippen molar-refractivity contribution in [2.45, 2.75) is 43.7 Å². The summed E-state index contributed by atoms with van der Waals surface area (Å²) in [7, 11) is 0. The van der Waals surface area contributed by atoms with Gasteiger partial charge in [-0.2, -0.15) is 0 Å². The lowest BCUT2D eigenvalue weighted by atomic mass is 9.66. The minimum Gasteiger partial charge on any atom is -0.459 e. The maximum absolute atomic E-state index is 13.2. The highest BCUT2D eigenvalue weighted by Crippen LogP contribution is 2.50. The zero-order valence-corrected chi connectivity index (χ0v) is 15.1. The van der Waals surface area contributed by atoms with E-state index in [2.05, 4.69) is 0 Å². The first-order valence-electron chi connectivity index (χ1n) is 9.62. The topological polar surface area (TPSA) is 72.1 Å². The number of carbonyl (C=O) groups is 1. The van der Waals surface area contributed by atoms with Gasteiger partial charge in [0.25, 0.3) is 5.91 Å². The van der Waals surface area contributed by atoms with Crippen molar-refractivity contribution >= 4 is 5.91 Å². The van der Waals surface area contributed by atoms with Crippen molar-refractivity contribution in [2.75, 3.05) is 13.3 Å². The first kappa shape index (κ1) is 16.7. The fraction of sp³-hybridized carbons (Fsp3) is 0.476. The Morgan fingerprint density at radius 2 is 2.04 bits per heavy atom. The van der Waals surface area contributed by atoms with Gasteiger partial charge in [0.05, 0.1) is 17.9 Å². The molecule has 1 saturated heterocycles. The van der Waals surface area contributed by atoms with Crippen LogP contribution >= 0.6 is 0 Å². The van der Waals surface area contributed by atoms with E-state index in [-0.39, 0.29) is 24.7 Å². The maximum Gasteiger partial charge on any atom is 0.290 e. The number of benzene rings is 1. The van der Waals surface area contributed by atoms with Gasteiger partial charge in [0, 0.05) is 12.5 Å². The first-order chi connectivity index (χ1) is 13.2. The van der Waals surface area contributed by atoms with E-state index in [4.69, 9.17) is 13.9 Å². The summed E-state index contributed by atoms with van der Waals surface area (Å²) >= 11 is 0. The summed E-state index contributed by atoms with van der Waals surface area (Å²) in [5, 5.41) is 11.3. The van der Waals surface area contributed by atoms with Gasteiger partial charge in [0.2, 0.25) is 6.79 Å². The van der Waals surface area contributed by atoms with Gasteiger partial charge < -0.3 is 23.9 Å². The Morgan fingerprint density at radius 3 is 2.89 bits per heavy atom. The van der Waals surface area contributed by atoms with Crippen molar-refractivity contribution in [1.29, 1.82) is 0 Å². The molecule has 3 aliphatic rings. The molecule has 1 N–H and O–H groups in total. The van der Waals surface area contributed by atoms with Crippen molar-refractivity contribution in [1.82, 2.24) is 4.90 Å². The van der Waals surface area contributed by atoms with Gasteiger partial charge in [-0.3, -0.25) is 4.79 Å². The number of carbonyl (C=O) groups excluding carboxylic acids is 1. The second kappa shape index (κ2) is 6.30. The Labute approximate surface area is 157 Å². The van der Waals surface area contributed by atoms with Crippen LogP contribution in [0, 0.1) is 5.92 Å². The fourth-order valence-electron chi connectivity index (χ4n) is 4.96. The number of likely N-dealkylation sites (tertiary alicyclic amines) is 1. The van der Waals surface area contributed by atoms with Crippen molar-refractivity contribution in [3.8, 4) is 11.5 Å². The number of nitrogens with zero attached hydrogens (tertiary/aromatic N) is 1. The number of piperidine rings is 1. The number of ether oxygens (including phenoxy) is 2. The van der Waals surface area contributed by atoms with E-state index in [1.54, 1.807) is 12.1 Å². The highest BCUT2D eigenvalue weighted by Gasteiger charge is 2.50. The number of hydrogen-bond donors (Lipinski definition) is 1.